The average molecular weight is 300 g/mol. The van der Waals surface area contributed by atoms with E-state index in [0.717, 1.165) is 31.4 Å². The molecule has 2 N–H and O–H groups in total. The lowest BCUT2D eigenvalue weighted by Crippen LogP contribution is -2.33. The lowest BCUT2D eigenvalue weighted by atomic mass is 9.87. The highest BCUT2D eigenvalue weighted by atomic mass is 16.3. The molecule has 2 unspecified atom stereocenters. The Morgan fingerprint density at radius 2 is 2.32 bits per heavy atom. The number of carbonyl (C=O) groups excluding carboxylic acids is 1. The Bertz CT molecular complexity index is 627. The molecular weight excluding hydrogens is 280 g/mol. The van der Waals surface area contributed by atoms with Gasteiger partial charge in [0.25, 0.3) is 5.91 Å². The zero-order chi connectivity index (χ0) is 15.4. The summed E-state index contributed by atoms with van der Waals surface area (Å²) < 4.78 is 1.69. The van der Waals surface area contributed by atoms with E-state index in [2.05, 4.69) is 15.4 Å². The van der Waals surface area contributed by atoms with Crippen LogP contribution in [0.3, 0.4) is 0 Å². The minimum absolute atomic E-state index is 0.186. The van der Waals surface area contributed by atoms with Crippen molar-refractivity contribution in [3.05, 3.63) is 42.5 Å². The molecule has 0 bridgehead atoms. The summed E-state index contributed by atoms with van der Waals surface area (Å²) in [4.78, 5) is 16.4. The van der Waals surface area contributed by atoms with Gasteiger partial charge in [-0.2, -0.15) is 5.10 Å². The largest absolute Gasteiger partial charge is 0.393 e. The highest BCUT2D eigenvalue weighted by Gasteiger charge is 2.21. The van der Waals surface area contributed by atoms with Gasteiger partial charge in [0.2, 0.25) is 0 Å². The van der Waals surface area contributed by atoms with Gasteiger partial charge in [-0.25, -0.2) is 4.68 Å². The van der Waals surface area contributed by atoms with E-state index in [1.54, 1.807) is 29.2 Å². The van der Waals surface area contributed by atoms with Crippen LogP contribution in [0.2, 0.25) is 0 Å². The second kappa shape index (κ2) is 6.70. The van der Waals surface area contributed by atoms with Crippen molar-refractivity contribution in [1.82, 2.24) is 20.1 Å². The first-order chi connectivity index (χ1) is 10.7. The number of nitrogens with one attached hydrogen (secondary N) is 1. The van der Waals surface area contributed by atoms with Crippen molar-refractivity contribution < 1.29 is 9.90 Å². The summed E-state index contributed by atoms with van der Waals surface area (Å²) in [6, 6.07) is 5.36. The van der Waals surface area contributed by atoms with E-state index in [-0.39, 0.29) is 12.0 Å². The third-order valence-electron chi connectivity index (χ3n) is 4.05. The summed E-state index contributed by atoms with van der Waals surface area (Å²) in [5, 5.41) is 16.7. The van der Waals surface area contributed by atoms with Gasteiger partial charge in [-0.3, -0.25) is 9.78 Å². The van der Waals surface area contributed by atoms with Crippen LogP contribution < -0.4 is 5.32 Å². The Morgan fingerprint density at radius 3 is 3.09 bits per heavy atom. The summed E-state index contributed by atoms with van der Waals surface area (Å²) in [5.41, 5.74) is 1.18. The fourth-order valence-electron chi connectivity index (χ4n) is 2.88. The summed E-state index contributed by atoms with van der Waals surface area (Å²) >= 11 is 0. The Morgan fingerprint density at radius 1 is 1.41 bits per heavy atom. The zero-order valence-electron chi connectivity index (χ0n) is 12.4. The van der Waals surface area contributed by atoms with Gasteiger partial charge in [0.1, 0.15) is 5.69 Å². The van der Waals surface area contributed by atoms with E-state index in [1.165, 1.54) is 0 Å². The topological polar surface area (TPSA) is 80.0 Å². The average Bonchev–Trinajstić information content (AvgIpc) is 3.07. The maximum Gasteiger partial charge on any atom is 0.269 e. The molecule has 0 aromatic carbocycles. The van der Waals surface area contributed by atoms with Gasteiger partial charge in [-0.15, -0.1) is 0 Å². The lowest BCUT2D eigenvalue weighted by Gasteiger charge is -2.25. The molecule has 2 aromatic rings. The molecule has 1 aliphatic carbocycles. The van der Waals surface area contributed by atoms with E-state index in [0.29, 0.717) is 18.2 Å². The molecule has 1 aliphatic rings. The molecule has 22 heavy (non-hydrogen) atoms. The molecule has 1 amide bonds. The quantitative estimate of drug-likeness (QED) is 0.898. The Kier molecular flexibility index (Phi) is 4.48. The number of aliphatic hydroxyl groups excluding tert-OH is 1. The van der Waals surface area contributed by atoms with Gasteiger partial charge < -0.3 is 10.4 Å². The number of hydrogen-bond donors (Lipinski definition) is 2. The molecule has 1 saturated carbocycles. The third kappa shape index (κ3) is 3.51. The highest BCUT2D eigenvalue weighted by molar-refractivity contribution is 5.92. The predicted octanol–water partition coefficient (Wildman–Crippen LogP) is 1.55. The fourth-order valence-corrected chi connectivity index (χ4v) is 2.88. The summed E-state index contributed by atoms with van der Waals surface area (Å²) in [6.07, 6.45) is 8.61. The number of pyridine rings is 1. The number of carbonyl (C=O) groups is 1. The van der Waals surface area contributed by atoms with E-state index in [9.17, 15) is 9.90 Å². The molecule has 2 atom stereocenters. The van der Waals surface area contributed by atoms with E-state index >= 15 is 0 Å². The molecule has 0 saturated heterocycles. The second-order valence-electron chi connectivity index (χ2n) is 5.75. The molecule has 0 spiro atoms. The van der Waals surface area contributed by atoms with E-state index < -0.39 is 0 Å². The van der Waals surface area contributed by atoms with Crippen molar-refractivity contribution in [1.29, 1.82) is 0 Å². The van der Waals surface area contributed by atoms with Crippen molar-refractivity contribution >= 4 is 5.91 Å². The maximum absolute atomic E-state index is 12.2. The first kappa shape index (κ1) is 14.7. The molecule has 3 rings (SSSR count). The minimum atomic E-state index is -0.225. The molecule has 2 aromatic heterocycles. The number of aliphatic hydroxyl groups is 1. The number of aromatic nitrogens is 3. The lowest BCUT2D eigenvalue weighted by molar-refractivity contribution is 0.0870. The Labute approximate surface area is 129 Å². The van der Waals surface area contributed by atoms with Gasteiger partial charge in [0, 0.05) is 25.1 Å². The van der Waals surface area contributed by atoms with Gasteiger partial charge in [-0.05, 0) is 43.4 Å². The van der Waals surface area contributed by atoms with Crippen LogP contribution in [0.15, 0.2) is 36.8 Å². The van der Waals surface area contributed by atoms with Gasteiger partial charge in [-0.1, -0.05) is 6.42 Å². The van der Waals surface area contributed by atoms with Gasteiger partial charge >= 0.3 is 0 Å². The molecule has 0 aliphatic heterocycles. The Hall–Kier alpha value is -2.21. The molecule has 1 fully saturated rings. The second-order valence-corrected chi connectivity index (χ2v) is 5.75. The van der Waals surface area contributed by atoms with Crippen LogP contribution in [0.25, 0.3) is 5.69 Å². The zero-order valence-corrected chi connectivity index (χ0v) is 12.4. The molecule has 6 nitrogen and oxygen atoms in total. The minimum Gasteiger partial charge on any atom is -0.393 e. The SMILES string of the molecule is O=C(NCC1CCCC(O)C1)c1cc(-n2cccn2)ccn1. The third-order valence-corrected chi connectivity index (χ3v) is 4.05. The van der Waals surface area contributed by atoms with Gasteiger partial charge in [0.15, 0.2) is 0 Å². The monoisotopic (exact) mass is 300 g/mol. The van der Waals surface area contributed by atoms with Crippen molar-refractivity contribution in [3.63, 3.8) is 0 Å². The summed E-state index contributed by atoms with van der Waals surface area (Å²) in [7, 11) is 0. The smallest absolute Gasteiger partial charge is 0.269 e. The number of amides is 1. The normalized spacial score (nSPS) is 21.5. The van der Waals surface area contributed by atoms with Gasteiger partial charge in [0.05, 0.1) is 11.8 Å². The molecule has 2 heterocycles. The van der Waals surface area contributed by atoms with E-state index in [1.807, 2.05) is 12.3 Å². The van der Waals surface area contributed by atoms with Crippen LogP contribution in [-0.2, 0) is 0 Å². The van der Waals surface area contributed by atoms with Crippen LogP contribution in [0.1, 0.15) is 36.2 Å². The highest BCUT2D eigenvalue weighted by Crippen LogP contribution is 2.23. The molecule has 0 radical (unpaired) electrons. The summed E-state index contributed by atoms with van der Waals surface area (Å²) in [5.74, 6) is 0.163. The van der Waals surface area contributed by atoms with Crippen LogP contribution in [0.5, 0.6) is 0 Å². The van der Waals surface area contributed by atoms with Crippen molar-refractivity contribution in [3.8, 4) is 5.69 Å². The first-order valence-electron chi connectivity index (χ1n) is 7.64. The number of rotatable bonds is 4. The van der Waals surface area contributed by atoms with Crippen molar-refractivity contribution in [2.75, 3.05) is 6.54 Å². The van der Waals surface area contributed by atoms with Crippen LogP contribution in [0.4, 0.5) is 0 Å². The number of nitrogens with zero attached hydrogens (tertiary/aromatic N) is 3. The number of hydrogen-bond acceptors (Lipinski definition) is 4. The Balaban J connectivity index is 1.61. The molecule has 6 heteroatoms. The maximum atomic E-state index is 12.2. The van der Waals surface area contributed by atoms with Crippen LogP contribution in [0, 0.1) is 5.92 Å². The fraction of sp³-hybridized carbons (Fsp3) is 0.438. The first-order valence-corrected chi connectivity index (χ1v) is 7.64. The van der Waals surface area contributed by atoms with E-state index in [4.69, 9.17) is 0 Å². The van der Waals surface area contributed by atoms with Crippen LogP contribution in [-0.4, -0.2) is 38.4 Å². The van der Waals surface area contributed by atoms with Crippen molar-refractivity contribution in [2.45, 2.75) is 31.8 Å². The predicted molar refractivity (Wildman–Crippen MR) is 81.7 cm³/mol. The standard InChI is InChI=1S/C16H20N4O2/c21-14-4-1-3-12(9-14)11-18-16(22)15-10-13(5-7-17-15)20-8-2-6-19-20/h2,5-8,10,12,14,21H,1,3-4,9,11H2,(H,18,22). The van der Waals surface area contributed by atoms with Crippen LogP contribution >= 0.6 is 0 Å². The molecule has 116 valence electrons. The van der Waals surface area contributed by atoms with Crippen molar-refractivity contribution in [2.24, 2.45) is 5.92 Å². The molecular formula is C16H20N4O2. The summed E-state index contributed by atoms with van der Waals surface area (Å²) in [6.45, 7) is 0.587.